The lowest BCUT2D eigenvalue weighted by molar-refractivity contribution is -0.175. The fourth-order valence-electron chi connectivity index (χ4n) is 2.37. The summed E-state index contributed by atoms with van der Waals surface area (Å²) >= 11 is 0. The first-order valence-electron chi connectivity index (χ1n) is 7.34. The van der Waals surface area contributed by atoms with Crippen LogP contribution in [0.25, 0.3) is 0 Å². The van der Waals surface area contributed by atoms with Crippen LogP contribution in [0, 0.1) is 10.8 Å². The van der Waals surface area contributed by atoms with Gasteiger partial charge in [-0.15, -0.1) is 0 Å². The first-order valence-corrected chi connectivity index (χ1v) is 7.34. The van der Waals surface area contributed by atoms with E-state index in [4.69, 9.17) is 0 Å². The second-order valence-corrected chi connectivity index (χ2v) is 7.81. The van der Waals surface area contributed by atoms with Gasteiger partial charge < -0.3 is 5.32 Å². The van der Waals surface area contributed by atoms with Crippen LogP contribution < -0.4 is 5.32 Å². The van der Waals surface area contributed by atoms with E-state index in [0.717, 1.165) is 4.90 Å². The quantitative estimate of drug-likeness (QED) is 0.804. The lowest BCUT2D eigenvalue weighted by Gasteiger charge is -2.39. The van der Waals surface area contributed by atoms with E-state index >= 15 is 0 Å². The Morgan fingerprint density at radius 3 is 1.96 bits per heavy atom. The van der Waals surface area contributed by atoms with Crippen molar-refractivity contribution in [1.29, 1.82) is 0 Å². The molecule has 0 bridgehead atoms. The fraction of sp³-hybridized carbons (Fsp3) is 0.800. The van der Waals surface area contributed by atoms with E-state index < -0.39 is 40.8 Å². The minimum atomic E-state index is -5.01. The number of halogens is 3. The van der Waals surface area contributed by atoms with Gasteiger partial charge in [-0.2, -0.15) is 13.2 Å². The molecule has 0 aliphatic carbocycles. The first kappa shape index (κ1) is 19.4. The molecule has 0 unspecified atom stereocenters. The highest BCUT2D eigenvalue weighted by Crippen LogP contribution is 2.32. The smallest absolute Gasteiger partial charge is 0.343 e. The molecule has 0 saturated carbocycles. The van der Waals surface area contributed by atoms with Crippen LogP contribution in [0.4, 0.5) is 13.2 Å². The molecule has 1 fully saturated rings. The predicted molar refractivity (Wildman–Crippen MR) is 77.2 cm³/mol. The van der Waals surface area contributed by atoms with Gasteiger partial charge >= 0.3 is 12.1 Å². The maximum absolute atomic E-state index is 12.5. The number of piperidine rings is 1. The van der Waals surface area contributed by atoms with E-state index in [1.807, 2.05) is 5.32 Å². The average molecular weight is 336 g/mol. The molecule has 1 rings (SSSR count). The Morgan fingerprint density at radius 2 is 1.61 bits per heavy atom. The van der Waals surface area contributed by atoms with E-state index in [0.29, 0.717) is 0 Å². The Labute approximate surface area is 133 Å². The van der Waals surface area contributed by atoms with Crippen molar-refractivity contribution >= 4 is 17.7 Å². The Morgan fingerprint density at radius 1 is 1.17 bits per heavy atom. The standard InChI is InChI=1S/C15H23F3N2O3/c1-13(2,3)9(19-12(23)15(16,17)18)8-20-10(21)6-14(4,5)7-11(20)22/h9H,6-8H2,1-5H3,(H,19,23)/t9-/m1/s1. The van der Waals surface area contributed by atoms with E-state index in [-0.39, 0.29) is 19.4 Å². The molecule has 5 nitrogen and oxygen atoms in total. The maximum atomic E-state index is 12.5. The Hall–Kier alpha value is -1.60. The monoisotopic (exact) mass is 336 g/mol. The number of nitrogens with one attached hydrogen (secondary N) is 1. The summed E-state index contributed by atoms with van der Waals surface area (Å²) in [5.41, 5.74) is -1.22. The predicted octanol–water partition coefficient (Wildman–Crippen LogP) is 2.25. The number of likely N-dealkylation sites (tertiary alicyclic amines) is 1. The van der Waals surface area contributed by atoms with Crippen molar-refractivity contribution in [3.63, 3.8) is 0 Å². The number of imide groups is 1. The third kappa shape index (κ3) is 5.21. The molecular weight excluding hydrogens is 313 g/mol. The van der Waals surface area contributed by atoms with Crippen molar-refractivity contribution in [1.82, 2.24) is 10.2 Å². The van der Waals surface area contributed by atoms with Crippen LogP contribution in [-0.2, 0) is 14.4 Å². The molecule has 3 amide bonds. The molecule has 1 N–H and O–H groups in total. The Kier molecular flexibility index (Phi) is 5.18. The molecule has 23 heavy (non-hydrogen) atoms. The Bertz CT molecular complexity index is 487. The van der Waals surface area contributed by atoms with Gasteiger partial charge in [0.15, 0.2) is 0 Å². The van der Waals surface area contributed by atoms with Crippen LogP contribution in [-0.4, -0.2) is 41.4 Å². The van der Waals surface area contributed by atoms with Crippen molar-refractivity contribution in [3.8, 4) is 0 Å². The van der Waals surface area contributed by atoms with E-state index in [2.05, 4.69) is 0 Å². The fourth-order valence-corrected chi connectivity index (χ4v) is 2.37. The first-order chi connectivity index (χ1) is 10.1. The van der Waals surface area contributed by atoms with Gasteiger partial charge in [-0.05, 0) is 10.8 Å². The largest absolute Gasteiger partial charge is 0.471 e. The van der Waals surface area contributed by atoms with Gasteiger partial charge in [0.25, 0.3) is 0 Å². The van der Waals surface area contributed by atoms with Crippen molar-refractivity contribution < 1.29 is 27.6 Å². The zero-order valence-corrected chi connectivity index (χ0v) is 14.0. The van der Waals surface area contributed by atoms with Crippen LogP contribution >= 0.6 is 0 Å². The highest BCUT2D eigenvalue weighted by atomic mass is 19.4. The van der Waals surface area contributed by atoms with Crippen molar-refractivity contribution in [2.45, 2.75) is 59.7 Å². The number of hydrogen-bond acceptors (Lipinski definition) is 3. The van der Waals surface area contributed by atoms with Gasteiger partial charge in [0.2, 0.25) is 11.8 Å². The molecule has 132 valence electrons. The summed E-state index contributed by atoms with van der Waals surface area (Å²) in [4.78, 5) is 36.4. The summed E-state index contributed by atoms with van der Waals surface area (Å²) in [5.74, 6) is -2.93. The molecule has 1 heterocycles. The van der Waals surface area contributed by atoms with Crippen molar-refractivity contribution in [2.24, 2.45) is 10.8 Å². The van der Waals surface area contributed by atoms with Crippen LogP contribution in [0.2, 0.25) is 0 Å². The lowest BCUT2D eigenvalue weighted by atomic mass is 9.80. The summed E-state index contributed by atoms with van der Waals surface area (Å²) in [6, 6.07) is -0.995. The third-order valence-corrected chi connectivity index (χ3v) is 3.83. The van der Waals surface area contributed by atoms with Gasteiger partial charge in [-0.3, -0.25) is 19.3 Å². The van der Waals surface area contributed by atoms with Crippen LogP contribution in [0.15, 0.2) is 0 Å². The molecule has 0 aromatic rings. The second-order valence-electron chi connectivity index (χ2n) is 7.81. The highest BCUT2D eigenvalue weighted by Gasteiger charge is 2.44. The minimum absolute atomic E-state index is 0.142. The van der Waals surface area contributed by atoms with Gasteiger partial charge in [-0.1, -0.05) is 34.6 Å². The third-order valence-electron chi connectivity index (χ3n) is 3.83. The molecule has 0 radical (unpaired) electrons. The molecule has 8 heteroatoms. The van der Waals surface area contributed by atoms with Crippen molar-refractivity contribution in [2.75, 3.05) is 6.54 Å². The Balaban J connectivity index is 2.93. The van der Waals surface area contributed by atoms with E-state index in [1.165, 1.54) is 0 Å². The molecule has 1 saturated heterocycles. The normalized spacial score (nSPS) is 20.4. The highest BCUT2D eigenvalue weighted by molar-refractivity contribution is 5.98. The average Bonchev–Trinajstić information content (AvgIpc) is 2.27. The summed E-state index contributed by atoms with van der Waals surface area (Å²) in [6.45, 7) is 8.21. The molecular formula is C15H23F3N2O3. The lowest BCUT2D eigenvalue weighted by Crippen LogP contribution is -2.57. The summed E-state index contributed by atoms with van der Waals surface area (Å²) in [5, 5.41) is 1.90. The molecule has 0 spiro atoms. The number of alkyl halides is 3. The topological polar surface area (TPSA) is 66.5 Å². The van der Waals surface area contributed by atoms with Crippen LogP contribution in [0.5, 0.6) is 0 Å². The number of rotatable bonds is 3. The number of nitrogens with zero attached hydrogens (tertiary/aromatic N) is 1. The van der Waals surface area contributed by atoms with Gasteiger partial charge in [0, 0.05) is 19.4 Å². The number of amides is 3. The summed E-state index contributed by atoms with van der Waals surface area (Å²) in [7, 11) is 0. The minimum Gasteiger partial charge on any atom is -0.343 e. The van der Waals surface area contributed by atoms with Crippen LogP contribution in [0.1, 0.15) is 47.5 Å². The van der Waals surface area contributed by atoms with Gasteiger partial charge in [0.05, 0.1) is 6.04 Å². The van der Waals surface area contributed by atoms with Gasteiger partial charge in [0.1, 0.15) is 0 Å². The van der Waals surface area contributed by atoms with E-state index in [1.54, 1.807) is 34.6 Å². The number of carbonyl (C=O) groups excluding carboxylic acids is 3. The molecule has 1 aliphatic rings. The number of hydrogen-bond donors (Lipinski definition) is 1. The maximum Gasteiger partial charge on any atom is 0.471 e. The summed E-state index contributed by atoms with van der Waals surface area (Å²) in [6.07, 6.45) is -4.73. The SMILES string of the molecule is CC1(C)CC(=O)N(C[C@@H](NC(=O)C(F)(F)F)C(C)(C)C)C(=O)C1. The second kappa shape index (κ2) is 6.13. The van der Waals surface area contributed by atoms with Gasteiger partial charge in [-0.25, -0.2) is 0 Å². The molecule has 1 atom stereocenters. The molecule has 0 aromatic heterocycles. The van der Waals surface area contributed by atoms with Crippen LogP contribution in [0.3, 0.4) is 0 Å². The number of carbonyl (C=O) groups is 3. The zero-order valence-electron chi connectivity index (χ0n) is 14.0. The zero-order chi connectivity index (χ0) is 18.2. The van der Waals surface area contributed by atoms with E-state index in [9.17, 15) is 27.6 Å². The molecule has 0 aromatic carbocycles. The van der Waals surface area contributed by atoms with Crippen molar-refractivity contribution in [3.05, 3.63) is 0 Å². The molecule has 1 aliphatic heterocycles. The summed E-state index contributed by atoms with van der Waals surface area (Å²) < 4.78 is 37.4.